The SMILES string of the molecule is COC(=O)CC1CC(c2ccc(/C(N)=N/C(=O)OC(C)(C)C)cc2F)=NO1. The number of methoxy groups -OCH3 is 1. The minimum Gasteiger partial charge on any atom is -0.469 e. The normalized spacial score (nSPS) is 17.1. The van der Waals surface area contributed by atoms with Crippen molar-refractivity contribution in [3.8, 4) is 0 Å². The van der Waals surface area contributed by atoms with Gasteiger partial charge >= 0.3 is 12.1 Å². The van der Waals surface area contributed by atoms with Crippen LogP contribution in [0.4, 0.5) is 9.18 Å². The average Bonchev–Trinajstić information content (AvgIpc) is 3.00. The van der Waals surface area contributed by atoms with Crippen LogP contribution in [0.1, 0.15) is 44.7 Å². The zero-order chi connectivity index (χ0) is 20.2. The number of ether oxygens (including phenoxy) is 2. The standard InChI is InChI=1S/C18H22FN3O5/c1-18(2,3)26-17(24)21-16(20)10-5-6-12(13(19)7-10)14-8-11(27-22-14)9-15(23)25-4/h5-7,11H,8-9H2,1-4H3,(H2,20,21,24). The molecule has 2 rings (SSSR count). The van der Waals surface area contributed by atoms with E-state index in [-0.39, 0.29) is 29.8 Å². The number of carbonyl (C=O) groups excluding carboxylic acids is 2. The molecule has 146 valence electrons. The van der Waals surface area contributed by atoms with Crippen molar-refractivity contribution in [2.24, 2.45) is 15.9 Å². The summed E-state index contributed by atoms with van der Waals surface area (Å²) in [5.74, 6) is -1.20. The van der Waals surface area contributed by atoms with Crippen LogP contribution in [0.3, 0.4) is 0 Å². The van der Waals surface area contributed by atoms with Crippen molar-refractivity contribution in [2.75, 3.05) is 7.11 Å². The highest BCUT2D eigenvalue weighted by Crippen LogP contribution is 2.22. The molecule has 27 heavy (non-hydrogen) atoms. The summed E-state index contributed by atoms with van der Waals surface area (Å²) in [6, 6.07) is 4.12. The number of benzene rings is 1. The predicted octanol–water partition coefficient (Wildman–Crippen LogP) is 2.52. The van der Waals surface area contributed by atoms with Crippen molar-refractivity contribution >= 4 is 23.6 Å². The van der Waals surface area contributed by atoms with Gasteiger partial charge in [-0.1, -0.05) is 11.2 Å². The maximum absolute atomic E-state index is 14.5. The van der Waals surface area contributed by atoms with Crippen LogP contribution in [0.2, 0.25) is 0 Å². The fourth-order valence-corrected chi connectivity index (χ4v) is 2.32. The molecule has 2 N–H and O–H groups in total. The highest BCUT2D eigenvalue weighted by molar-refractivity contribution is 6.05. The van der Waals surface area contributed by atoms with Gasteiger partial charge in [0.1, 0.15) is 23.4 Å². The van der Waals surface area contributed by atoms with E-state index in [2.05, 4.69) is 14.9 Å². The van der Waals surface area contributed by atoms with Crippen LogP contribution < -0.4 is 5.73 Å². The third-order valence-electron chi connectivity index (χ3n) is 3.54. The number of hydrogen-bond acceptors (Lipinski definition) is 6. The molecule has 8 nitrogen and oxygen atoms in total. The summed E-state index contributed by atoms with van der Waals surface area (Å²) in [5, 5.41) is 3.83. The molecular weight excluding hydrogens is 357 g/mol. The molecule has 0 aliphatic carbocycles. The van der Waals surface area contributed by atoms with E-state index in [1.54, 1.807) is 20.8 Å². The molecule has 1 atom stereocenters. The van der Waals surface area contributed by atoms with E-state index in [1.807, 2.05) is 0 Å². The molecule has 0 bridgehead atoms. The Balaban J connectivity index is 2.10. The summed E-state index contributed by atoms with van der Waals surface area (Å²) < 4.78 is 24.1. The van der Waals surface area contributed by atoms with Gasteiger partial charge in [-0.05, 0) is 32.9 Å². The van der Waals surface area contributed by atoms with Gasteiger partial charge in [-0.15, -0.1) is 0 Å². The number of carbonyl (C=O) groups is 2. The number of hydrogen-bond donors (Lipinski definition) is 1. The van der Waals surface area contributed by atoms with E-state index < -0.39 is 29.6 Å². The van der Waals surface area contributed by atoms with Gasteiger partial charge in [-0.3, -0.25) is 4.79 Å². The fourth-order valence-electron chi connectivity index (χ4n) is 2.32. The second kappa shape index (κ2) is 8.15. The van der Waals surface area contributed by atoms with Crippen LogP contribution in [0.5, 0.6) is 0 Å². The summed E-state index contributed by atoms with van der Waals surface area (Å²) >= 11 is 0. The third kappa shape index (κ3) is 5.77. The summed E-state index contributed by atoms with van der Waals surface area (Å²) in [4.78, 5) is 31.7. The number of halogens is 1. The zero-order valence-corrected chi connectivity index (χ0v) is 15.6. The topological polar surface area (TPSA) is 113 Å². The van der Waals surface area contributed by atoms with Gasteiger partial charge in [0, 0.05) is 17.5 Å². The van der Waals surface area contributed by atoms with Crippen molar-refractivity contribution in [3.63, 3.8) is 0 Å². The summed E-state index contributed by atoms with van der Waals surface area (Å²) in [6.45, 7) is 5.09. The molecule has 9 heteroatoms. The van der Waals surface area contributed by atoms with Crippen LogP contribution in [-0.4, -0.2) is 42.4 Å². The molecule has 0 fully saturated rings. The molecule has 0 saturated heterocycles. The molecule has 0 spiro atoms. The molecule has 1 aliphatic heterocycles. The number of amides is 1. The maximum atomic E-state index is 14.5. The first-order valence-corrected chi connectivity index (χ1v) is 8.26. The van der Waals surface area contributed by atoms with Gasteiger partial charge in [-0.2, -0.15) is 4.99 Å². The van der Waals surface area contributed by atoms with Crippen molar-refractivity contribution in [1.29, 1.82) is 0 Å². The van der Waals surface area contributed by atoms with Crippen molar-refractivity contribution in [2.45, 2.75) is 45.3 Å². The minimum atomic E-state index is -0.858. The lowest BCUT2D eigenvalue weighted by molar-refractivity contribution is -0.143. The lowest BCUT2D eigenvalue weighted by Gasteiger charge is -2.17. The average molecular weight is 379 g/mol. The summed E-state index contributed by atoms with van der Waals surface area (Å²) in [5.41, 5.74) is 5.86. The first-order chi connectivity index (χ1) is 12.6. The lowest BCUT2D eigenvalue weighted by atomic mass is 10.0. The Morgan fingerprint density at radius 3 is 2.70 bits per heavy atom. The van der Waals surface area contributed by atoms with Crippen molar-refractivity contribution in [1.82, 2.24) is 0 Å². The third-order valence-corrected chi connectivity index (χ3v) is 3.54. The number of esters is 1. The molecule has 0 aromatic heterocycles. The number of oxime groups is 1. The molecule has 1 unspecified atom stereocenters. The van der Waals surface area contributed by atoms with E-state index in [4.69, 9.17) is 15.3 Å². The van der Waals surface area contributed by atoms with E-state index in [1.165, 1.54) is 19.2 Å². The Morgan fingerprint density at radius 2 is 2.11 bits per heavy atom. The predicted molar refractivity (Wildman–Crippen MR) is 96.0 cm³/mol. The summed E-state index contributed by atoms with van der Waals surface area (Å²) in [6.07, 6.45) is -1.06. The van der Waals surface area contributed by atoms with Gasteiger partial charge in [0.2, 0.25) is 0 Å². The molecule has 0 radical (unpaired) electrons. The first-order valence-electron chi connectivity index (χ1n) is 8.26. The van der Waals surface area contributed by atoms with E-state index in [0.29, 0.717) is 5.71 Å². The van der Waals surface area contributed by atoms with Gasteiger partial charge in [0.05, 0.1) is 19.2 Å². The smallest absolute Gasteiger partial charge is 0.436 e. The highest BCUT2D eigenvalue weighted by atomic mass is 19.1. The molecule has 1 aliphatic rings. The van der Waals surface area contributed by atoms with Gasteiger partial charge in [-0.25, -0.2) is 9.18 Å². The largest absolute Gasteiger partial charge is 0.469 e. The van der Waals surface area contributed by atoms with Gasteiger partial charge in [0.15, 0.2) is 0 Å². The maximum Gasteiger partial charge on any atom is 0.436 e. The van der Waals surface area contributed by atoms with Gasteiger partial charge in [0.25, 0.3) is 0 Å². The van der Waals surface area contributed by atoms with Crippen LogP contribution in [0.25, 0.3) is 0 Å². The van der Waals surface area contributed by atoms with Crippen LogP contribution in [-0.2, 0) is 19.1 Å². The van der Waals surface area contributed by atoms with E-state index >= 15 is 0 Å². The van der Waals surface area contributed by atoms with Crippen LogP contribution in [0, 0.1) is 5.82 Å². The van der Waals surface area contributed by atoms with Crippen molar-refractivity contribution in [3.05, 3.63) is 35.1 Å². The Morgan fingerprint density at radius 1 is 1.41 bits per heavy atom. The molecule has 1 aromatic rings. The Hall–Kier alpha value is -2.97. The number of nitrogens with zero attached hydrogens (tertiary/aromatic N) is 2. The van der Waals surface area contributed by atoms with Crippen LogP contribution >= 0.6 is 0 Å². The lowest BCUT2D eigenvalue weighted by Crippen LogP contribution is -2.24. The van der Waals surface area contributed by atoms with Gasteiger partial charge < -0.3 is 20.0 Å². The Bertz CT molecular complexity index is 799. The monoisotopic (exact) mass is 379 g/mol. The van der Waals surface area contributed by atoms with E-state index in [0.717, 1.165) is 6.07 Å². The highest BCUT2D eigenvalue weighted by Gasteiger charge is 2.27. The van der Waals surface area contributed by atoms with Crippen LogP contribution in [0.15, 0.2) is 28.3 Å². The first kappa shape index (κ1) is 20.3. The fraction of sp³-hybridized carbons (Fsp3) is 0.444. The molecule has 0 saturated carbocycles. The van der Waals surface area contributed by atoms with Crippen molar-refractivity contribution < 1.29 is 28.3 Å². The number of rotatable bonds is 4. The summed E-state index contributed by atoms with van der Waals surface area (Å²) in [7, 11) is 1.28. The second-order valence-corrected chi connectivity index (χ2v) is 6.92. The minimum absolute atomic E-state index is 0.0265. The molecule has 1 heterocycles. The second-order valence-electron chi connectivity index (χ2n) is 6.92. The zero-order valence-electron chi connectivity index (χ0n) is 15.6. The van der Waals surface area contributed by atoms with E-state index in [9.17, 15) is 14.0 Å². The molecular formula is C18H22FN3O5. The number of amidine groups is 1. The Kier molecular flexibility index (Phi) is 6.14. The number of aliphatic imine (C=N–C) groups is 1. The Labute approximate surface area is 156 Å². The molecule has 1 amide bonds. The quantitative estimate of drug-likeness (QED) is 0.489. The molecule has 1 aromatic carbocycles. The number of nitrogens with two attached hydrogens (primary N) is 1.